The Kier molecular flexibility index (Phi) is 4.10. The van der Waals surface area contributed by atoms with Gasteiger partial charge in [0, 0.05) is 5.56 Å². The first-order chi connectivity index (χ1) is 8.79. The second kappa shape index (κ2) is 5.98. The van der Waals surface area contributed by atoms with Gasteiger partial charge in [0.1, 0.15) is 0 Å². The Labute approximate surface area is 107 Å². The molecular weight excluding hydrogens is 224 g/mol. The summed E-state index contributed by atoms with van der Waals surface area (Å²) < 4.78 is 0. The molecule has 0 aliphatic carbocycles. The van der Waals surface area contributed by atoms with Crippen molar-refractivity contribution >= 4 is 11.4 Å². The van der Waals surface area contributed by atoms with Crippen molar-refractivity contribution in [1.82, 2.24) is 0 Å². The molecule has 0 aromatic heterocycles. The van der Waals surface area contributed by atoms with E-state index in [2.05, 4.69) is 10.5 Å². The van der Waals surface area contributed by atoms with Gasteiger partial charge in [0.05, 0.1) is 18.0 Å². The zero-order valence-electron chi connectivity index (χ0n) is 10.3. The van der Waals surface area contributed by atoms with E-state index in [1.165, 1.54) is 5.56 Å². The maximum Gasteiger partial charge on any atom is 0.0933 e. The van der Waals surface area contributed by atoms with Gasteiger partial charge < -0.3 is 5.11 Å². The summed E-state index contributed by atoms with van der Waals surface area (Å²) in [6.45, 7) is 1.94. The third-order valence-electron chi connectivity index (χ3n) is 2.63. The highest BCUT2D eigenvalue weighted by Crippen LogP contribution is 2.09. The summed E-state index contributed by atoms with van der Waals surface area (Å²) in [7, 11) is 0. The zero-order chi connectivity index (χ0) is 12.8. The molecule has 0 saturated carbocycles. The Hall–Kier alpha value is -2.13. The number of anilines is 1. The Bertz CT molecular complexity index is 518. The number of aliphatic hydroxyl groups excluding tert-OH is 1. The molecule has 2 aromatic rings. The van der Waals surface area contributed by atoms with Crippen molar-refractivity contribution in [3.05, 3.63) is 65.7 Å². The minimum absolute atomic E-state index is 0.0944. The summed E-state index contributed by atoms with van der Waals surface area (Å²) in [6.07, 6.45) is 0. The van der Waals surface area contributed by atoms with Crippen molar-refractivity contribution in [3.8, 4) is 0 Å². The number of hydrogen-bond acceptors (Lipinski definition) is 3. The fourth-order valence-electron chi connectivity index (χ4n) is 1.58. The second-order valence-electron chi connectivity index (χ2n) is 4.06. The van der Waals surface area contributed by atoms with Crippen LogP contribution in [0, 0.1) is 6.92 Å². The summed E-state index contributed by atoms with van der Waals surface area (Å²) >= 11 is 0. The number of nitrogens with one attached hydrogen (secondary N) is 1. The van der Waals surface area contributed by atoms with Crippen molar-refractivity contribution < 1.29 is 5.11 Å². The average Bonchev–Trinajstić information content (AvgIpc) is 2.43. The van der Waals surface area contributed by atoms with E-state index in [4.69, 9.17) is 0 Å². The van der Waals surface area contributed by atoms with Gasteiger partial charge in [0.15, 0.2) is 0 Å². The van der Waals surface area contributed by atoms with Crippen LogP contribution < -0.4 is 5.43 Å². The normalized spacial score (nSPS) is 11.3. The average molecular weight is 240 g/mol. The molecule has 2 rings (SSSR count). The third-order valence-corrected chi connectivity index (χ3v) is 2.63. The molecule has 0 radical (unpaired) electrons. The van der Waals surface area contributed by atoms with Crippen molar-refractivity contribution in [2.24, 2.45) is 5.10 Å². The third kappa shape index (κ3) is 3.18. The Morgan fingerprint density at radius 1 is 1.06 bits per heavy atom. The lowest BCUT2D eigenvalue weighted by Crippen LogP contribution is -2.09. The van der Waals surface area contributed by atoms with E-state index >= 15 is 0 Å². The highest BCUT2D eigenvalue weighted by atomic mass is 16.3. The fourth-order valence-corrected chi connectivity index (χ4v) is 1.58. The molecule has 92 valence electrons. The number of hydrogen-bond donors (Lipinski definition) is 2. The van der Waals surface area contributed by atoms with Gasteiger partial charge in [0.2, 0.25) is 0 Å². The Balaban J connectivity index is 2.14. The van der Waals surface area contributed by atoms with Gasteiger partial charge in [0.25, 0.3) is 0 Å². The molecule has 18 heavy (non-hydrogen) atoms. The van der Waals surface area contributed by atoms with Gasteiger partial charge in [-0.3, -0.25) is 5.43 Å². The lowest BCUT2D eigenvalue weighted by Gasteiger charge is -2.05. The maximum atomic E-state index is 9.33. The van der Waals surface area contributed by atoms with Crippen LogP contribution in [0.4, 0.5) is 5.69 Å². The predicted octanol–water partition coefficient (Wildman–Crippen LogP) is 2.80. The molecule has 0 aliphatic heterocycles. The summed E-state index contributed by atoms with van der Waals surface area (Å²) in [4.78, 5) is 0. The fraction of sp³-hybridized carbons (Fsp3) is 0.133. The zero-order valence-corrected chi connectivity index (χ0v) is 10.3. The van der Waals surface area contributed by atoms with E-state index in [1.54, 1.807) is 0 Å². The molecule has 0 fully saturated rings. The molecular formula is C15H16N2O. The van der Waals surface area contributed by atoms with Gasteiger partial charge in [-0.15, -0.1) is 0 Å². The molecule has 0 heterocycles. The Morgan fingerprint density at radius 3 is 2.33 bits per heavy atom. The molecule has 0 atom stereocenters. The molecule has 3 heteroatoms. The van der Waals surface area contributed by atoms with Gasteiger partial charge in [-0.2, -0.15) is 5.10 Å². The van der Waals surface area contributed by atoms with E-state index < -0.39 is 0 Å². The van der Waals surface area contributed by atoms with Crippen LogP contribution in [0.25, 0.3) is 0 Å². The minimum atomic E-state index is -0.0944. The van der Waals surface area contributed by atoms with E-state index in [0.29, 0.717) is 5.71 Å². The molecule has 0 unspecified atom stereocenters. The standard InChI is InChI=1S/C15H16N2O/c1-12-7-9-14(10-8-12)16-17-15(11-18)13-5-3-2-4-6-13/h2-10,16,18H,11H2,1H3. The van der Waals surface area contributed by atoms with Crippen molar-refractivity contribution in [1.29, 1.82) is 0 Å². The number of aryl methyl sites for hydroxylation is 1. The predicted molar refractivity (Wildman–Crippen MR) is 74.9 cm³/mol. The smallest absolute Gasteiger partial charge is 0.0933 e. The van der Waals surface area contributed by atoms with Crippen LogP contribution in [-0.2, 0) is 0 Å². The maximum absolute atomic E-state index is 9.33. The summed E-state index contributed by atoms with van der Waals surface area (Å²) in [5.41, 5.74) is 6.60. The van der Waals surface area contributed by atoms with Crippen LogP contribution in [0.1, 0.15) is 11.1 Å². The van der Waals surface area contributed by atoms with Gasteiger partial charge >= 0.3 is 0 Å². The first-order valence-corrected chi connectivity index (χ1v) is 5.85. The van der Waals surface area contributed by atoms with Crippen LogP contribution in [-0.4, -0.2) is 17.4 Å². The number of benzene rings is 2. The minimum Gasteiger partial charge on any atom is -0.390 e. The molecule has 0 aliphatic rings. The Morgan fingerprint density at radius 2 is 1.72 bits per heavy atom. The first-order valence-electron chi connectivity index (χ1n) is 5.85. The van der Waals surface area contributed by atoms with Crippen LogP contribution in [0.3, 0.4) is 0 Å². The lowest BCUT2D eigenvalue weighted by molar-refractivity contribution is 0.357. The number of hydrazone groups is 1. The molecule has 2 N–H and O–H groups in total. The SMILES string of the molecule is Cc1ccc(NN=C(CO)c2ccccc2)cc1. The quantitative estimate of drug-likeness (QED) is 0.637. The first kappa shape index (κ1) is 12.3. The summed E-state index contributed by atoms with van der Waals surface area (Å²) in [5.74, 6) is 0. The van der Waals surface area contributed by atoms with Gasteiger partial charge in [-0.05, 0) is 19.1 Å². The molecule has 0 saturated heterocycles. The van der Waals surface area contributed by atoms with E-state index in [0.717, 1.165) is 11.3 Å². The van der Waals surface area contributed by atoms with Crippen LogP contribution >= 0.6 is 0 Å². The highest BCUT2D eigenvalue weighted by molar-refractivity contribution is 6.01. The van der Waals surface area contributed by atoms with E-state index in [9.17, 15) is 5.11 Å². The van der Waals surface area contributed by atoms with Crippen LogP contribution in [0.5, 0.6) is 0 Å². The largest absolute Gasteiger partial charge is 0.390 e. The topological polar surface area (TPSA) is 44.6 Å². The van der Waals surface area contributed by atoms with E-state index in [1.807, 2.05) is 61.5 Å². The number of rotatable bonds is 4. The lowest BCUT2D eigenvalue weighted by atomic mass is 10.1. The van der Waals surface area contributed by atoms with Crippen molar-refractivity contribution in [3.63, 3.8) is 0 Å². The van der Waals surface area contributed by atoms with Gasteiger partial charge in [-0.1, -0.05) is 48.0 Å². The molecule has 0 spiro atoms. The van der Waals surface area contributed by atoms with Gasteiger partial charge in [-0.25, -0.2) is 0 Å². The number of aliphatic hydroxyl groups is 1. The highest BCUT2D eigenvalue weighted by Gasteiger charge is 2.00. The summed E-state index contributed by atoms with van der Waals surface area (Å²) in [6, 6.07) is 17.6. The monoisotopic (exact) mass is 240 g/mol. The van der Waals surface area contributed by atoms with Crippen molar-refractivity contribution in [2.75, 3.05) is 12.0 Å². The summed E-state index contributed by atoms with van der Waals surface area (Å²) in [5, 5.41) is 13.6. The van der Waals surface area contributed by atoms with Crippen LogP contribution in [0.2, 0.25) is 0 Å². The molecule has 3 nitrogen and oxygen atoms in total. The van der Waals surface area contributed by atoms with Crippen LogP contribution in [0.15, 0.2) is 59.7 Å². The molecule has 0 amide bonds. The molecule has 2 aromatic carbocycles. The van der Waals surface area contributed by atoms with Crippen molar-refractivity contribution in [2.45, 2.75) is 6.92 Å². The molecule has 0 bridgehead atoms. The van der Waals surface area contributed by atoms with E-state index in [-0.39, 0.29) is 6.61 Å². The number of nitrogens with zero attached hydrogens (tertiary/aromatic N) is 1. The second-order valence-corrected chi connectivity index (χ2v) is 4.06.